The number of carbonyl (C=O) groups excluding carboxylic acids is 2. The fourth-order valence-corrected chi connectivity index (χ4v) is 1.48. The summed E-state index contributed by atoms with van der Waals surface area (Å²) in [4.78, 5) is 33.9. The monoisotopic (exact) mass is 283 g/mol. The summed E-state index contributed by atoms with van der Waals surface area (Å²) in [5.74, 6) is -2.85. The number of urea groups is 1. The minimum Gasteiger partial charge on any atom is -0.480 e. The minimum atomic E-state index is -1.31. The third kappa shape index (κ3) is 4.56. The molecule has 4 N–H and O–H groups in total. The van der Waals surface area contributed by atoms with E-state index in [0.29, 0.717) is 10.5 Å². The number of benzene rings is 1. The number of hydrogen-bond acceptors (Lipinski definition) is 3. The summed E-state index contributed by atoms with van der Waals surface area (Å²) in [6.45, 7) is 0.404. The Morgan fingerprint density at radius 1 is 1.35 bits per heavy atom. The highest BCUT2D eigenvalue weighted by atomic mass is 19.1. The first-order valence-corrected chi connectivity index (χ1v) is 5.61. The SMILES string of the molecule is Cc1ccc(F)c(NC(=O)N(CC(N)=O)CC(=O)O)c1. The van der Waals surface area contributed by atoms with E-state index in [1.165, 1.54) is 18.2 Å². The van der Waals surface area contributed by atoms with Crippen LogP contribution in [0, 0.1) is 12.7 Å². The van der Waals surface area contributed by atoms with E-state index in [1.54, 1.807) is 6.92 Å². The summed E-state index contributed by atoms with van der Waals surface area (Å²) in [5, 5.41) is 10.9. The predicted octanol–water partition coefficient (Wildman–Crippen LogP) is 0.538. The van der Waals surface area contributed by atoms with Crippen molar-refractivity contribution in [3.8, 4) is 0 Å². The summed E-state index contributed by atoms with van der Waals surface area (Å²) < 4.78 is 13.5. The van der Waals surface area contributed by atoms with Crippen molar-refractivity contribution in [3.63, 3.8) is 0 Å². The van der Waals surface area contributed by atoms with Crippen molar-refractivity contribution in [2.24, 2.45) is 5.73 Å². The van der Waals surface area contributed by atoms with Crippen molar-refractivity contribution in [2.45, 2.75) is 6.92 Å². The number of anilines is 1. The first kappa shape index (κ1) is 15.4. The average Bonchev–Trinajstić information content (AvgIpc) is 2.31. The molecule has 0 aliphatic rings. The van der Waals surface area contributed by atoms with Crippen LogP contribution in [0.15, 0.2) is 18.2 Å². The summed E-state index contributed by atoms with van der Waals surface area (Å²) in [6.07, 6.45) is 0. The van der Waals surface area contributed by atoms with Gasteiger partial charge in [0.2, 0.25) is 5.91 Å². The molecule has 20 heavy (non-hydrogen) atoms. The summed E-state index contributed by atoms with van der Waals surface area (Å²) in [5.41, 5.74) is 5.53. The van der Waals surface area contributed by atoms with Gasteiger partial charge < -0.3 is 21.1 Å². The second-order valence-corrected chi connectivity index (χ2v) is 4.13. The standard InChI is InChI=1S/C12H14FN3O4/c1-7-2-3-8(13)9(4-7)15-12(20)16(5-10(14)17)6-11(18)19/h2-4H,5-6H2,1H3,(H2,14,17)(H,15,20)(H,18,19). The summed E-state index contributed by atoms with van der Waals surface area (Å²) in [7, 11) is 0. The highest BCUT2D eigenvalue weighted by Crippen LogP contribution is 2.16. The number of amides is 3. The molecule has 1 aromatic carbocycles. The van der Waals surface area contributed by atoms with E-state index in [4.69, 9.17) is 10.8 Å². The molecule has 7 nitrogen and oxygen atoms in total. The van der Waals surface area contributed by atoms with Crippen LogP contribution in [-0.2, 0) is 9.59 Å². The third-order valence-corrected chi connectivity index (χ3v) is 2.32. The highest BCUT2D eigenvalue weighted by Gasteiger charge is 2.19. The number of primary amides is 1. The van der Waals surface area contributed by atoms with Gasteiger partial charge in [-0.1, -0.05) is 6.07 Å². The molecule has 0 atom stereocenters. The molecule has 1 aromatic rings. The Morgan fingerprint density at radius 2 is 2.00 bits per heavy atom. The van der Waals surface area contributed by atoms with Crippen LogP contribution in [0.25, 0.3) is 0 Å². The van der Waals surface area contributed by atoms with Crippen LogP contribution in [-0.4, -0.2) is 41.0 Å². The molecular formula is C12H14FN3O4. The van der Waals surface area contributed by atoms with Gasteiger partial charge >= 0.3 is 12.0 Å². The number of aliphatic carboxylic acids is 1. The van der Waals surface area contributed by atoms with Gasteiger partial charge in [0.05, 0.1) is 5.69 Å². The van der Waals surface area contributed by atoms with Gasteiger partial charge in [-0.25, -0.2) is 9.18 Å². The molecule has 8 heteroatoms. The predicted molar refractivity (Wildman–Crippen MR) is 68.6 cm³/mol. The van der Waals surface area contributed by atoms with Crippen molar-refractivity contribution >= 4 is 23.6 Å². The fourth-order valence-electron chi connectivity index (χ4n) is 1.48. The normalized spacial score (nSPS) is 9.90. The largest absolute Gasteiger partial charge is 0.480 e. The van der Waals surface area contributed by atoms with Crippen LogP contribution in [0.3, 0.4) is 0 Å². The van der Waals surface area contributed by atoms with Crippen LogP contribution in [0.2, 0.25) is 0 Å². The molecule has 0 fully saturated rings. The number of nitrogens with zero attached hydrogens (tertiary/aromatic N) is 1. The van der Waals surface area contributed by atoms with Gasteiger partial charge in [0.15, 0.2) is 0 Å². The Morgan fingerprint density at radius 3 is 2.55 bits per heavy atom. The van der Waals surface area contributed by atoms with E-state index in [2.05, 4.69) is 5.32 Å². The maximum atomic E-state index is 13.5. The first-order chi connectivity index (χ1) is 9.29. The van der Waals surface area contributed by atoms with E-state index >= 15 is 0 Å². The Hall–Kier alpha value is -2.64. The molecule has 0 aliphatic heterocycles. The first-order valence-electron chi connectivity index (χ1n) is 5.61. The molecule has 0 unspecified atom stereocenters. The van der Waals surface area contributed by atoms with Gasteiger partial charge in [-0.3, -0.25) is 9.59 Å². The molecule has 0 saturated heterocycles. The zero-order chi connectivity index (χ0) is 15.3. The van der Waals surface area contributed by atoms with Gasteiger partial charge in [0, 0.05) is 0 Å². The lowest BCUT2D eigenvalue weighted by Gasteiger charge is -2.19. The Bertz CT molecular complexity index is 532. The Balaban J connectivity index is 2.86. The third-order valence-electron chi connectivity index (χ3n) is 2.32. The molecule has 108 valence electrons. The zero-order valence-corrected chi connectivity index (χ0v) is 10.7. The van der Waals surface area contributed by atoms with E-state index in [-0.39, 0.29) is 5.69 Å². The molecule has 0 bridgehead atoms. The van der Waals surface area contributed by atoms with Crippen molar-refractivity contribution in [1.29, 1.82) is 0 Å². The highest BCUT2D eigenvalue weighted by molar-refractivity contribution is 5.94. The Kier molecular flexibility index (Phi) is 5.01. The lowest BCUT2D eigenvalue weighted by Crippen LogP contribution is -2.43. The second-order valence-electron chi connectivity index (χ2n) is 4.13. The number of halogens is 1. The van der Waals surface area contributed by atoms with E-state index in [9.17, 15) is 18.8 Å². The van der Waals surface area contributed by atoms with Gasteiger partial charge in [0.1, 0.15) is 18.9 Å². The lowest BCUT2D eigenvalue weighted by molar-refractivity contribution is -0.137. The maximum absolute atomic E-state index is 13.5. The summed E-state index contributed by atoms with van der Waals surface area (Å²) >= 11 is 0. The smallest absolute Gasteiger partial charge is 0.323 e. The van der Waals surface area contributed by atoms with Gasteiger partial charge in [-0.05, 0) is 24.6 Å². The number of nitrogens with two attached hydrogens (primary N) is 1. The lowest BCUT2D eigenvalue weighted by atomic mass is 10.2. The van der Waals surface area contributed by atoms with Gasteiger partial charge in [-0.15, -0.1) is 0 Å². The number of carboxylic acids is 1. The number of carboxylic acid groups (broad SMARTS) is 1. The topological polar surface area (TPSA) is 113 Å². The van der Waals surface area contributed by atoms with Crippen molar-refractivity contribution in [1.82, 2.24) is 4.90 Å². The van der Waals surface area contributed by atoms with Crippen LogP contribution < -0.4 is 11.1 Å². The molecule has 0 aromatic heterocycles. The molecule has 0 saturated carbocycles. The molecule has 0 aliphatic carbocycles. The second kappa shape index (κ2) is 6.50. The molecule has 0 spiro atoms. The number of aryl methyl sites for hydroxylation is 1. The number of hydrogen-bond donors (Lipinski definition) is 3. The maximum Gasteiger partial charge on any atom is 0.323 e. The Labute approximate surface area is 114 Å². The van der Waals surface area contributed by atoms with Crippen LogP contribution >= 0.6 is 0 Å². The van der Waals surface area contributed by atoms with Crippen LogP contribution in [0.1, 0.15) is 5.56 Å². The quantitative estimate of drug-likeness (QED) is 0.731. The minimum absolute atomic E-state index is 0.102. The van der Waals surface area contributed by atoms with E-state index in [0.717, 1.165) is 0 Å². The average molecular weight is 283 g/mol. The van der Waals surface area contributed by atoms with E-state index in [1.807, 2.05) is 0 Å². The molecule has 3 amide bonds. The van der Waals surface area contributed by atoms with Crippen molar-refractivity contribution in [2.75, 3.05) is 18.4 Å². The molecule has 0 heterocycles. The van der Waals surface area contributed by atoms with Gasteiger partial charge in [-0.2, -0.15) is 0 Å². The molecule has 0 radical (unpaired) electrons. The number of carbonyl (C=O) groups is 3. The number of nitrogens with one attached hydrogen (secondary N) is 1. The fraction of sp³-hybridized carbons (Fsp3) is 0.250. The molecular weight excluding hydrogens is 269 g/mol. The molecule has 1 rings (SSSR count). The summed E-state index contributed by atoms with van der Waals surface area (Å²) in [6, 6.07) is 3.15. The van der Waals surface area contributed by atoms with Gasteiger partial charge in [0.25, 0.3) is 0 Å². The van der Waals surface area contributed by atoms with Crippen molar-refractivity contribution < 1.29 is 23.9 Å². The zero-order valence-electron chi connectivity index (χ0n) is 10.7. The van der Waals surface area contributed by atoms with Crippen molar-refractivity contribution in [3.05, 3.63) is 29.6 Å². The van der Waals surface area contributed by atoms with Crippen LogP contribution in [0.4, 0.5) is 14.9 Å². The van der Waals surface area contributed by atoms with Crippen LogP contribution in [0.5, 0.6) is 0 Å². The number of rotatable bonds is 5. The van der Waals surface area contributed by atoms with E-state index < -0.39 is 36.8 Å².